The molecule has 10 nitrogen and oxygen atoms in total. The molecule has 30 heavy (non-hydrogen) atoms. The first-order chi connectivity index (χ1) is 13.9. The predicted octanol–water partition coefficient (Wildman–Crippen LogP) is 1.05. The van der Waals surface area contributed by atoms with Crippen LogP contribution < -0.4 is 4.72 Å². The van der Waals surface area contributed by atoms with Crippen molar-refractivity contribution in [2.24, 2.45) is 0 Å². The summed E-state index contributed by atoms with van der Waals surface area (Å²) < 4.78 is 62.3. The van der Waals surface area contributed by atoms with Gasteiger partial charge in [-0.2, -0.15) is 0 Å². The molecule has 0 saturated carbocycles. The lowest BCUT2D eigenvalue weighted by atomic mass is 10.1. The quantitative estimate of drug-likeness (QED) is 0.559. The van der Waals surface area contributed by atoms with E-state index in [4.69, 9.17) is 0 Å². The average Bonchev–Trinajstić information content (AvgIpc) is 3.20. The number of esters is 2. The Morgan fingerprint density at radius 2 is 1.50 bits per heavy atom. The van der Waals surface area contributed by atoms with Gasteiger partial charge in [-0.25, -0.2) is 35.5 Å². The lowest BCUT2D eigenvalue weighted by molar-refractivity contribution is 0.0598. The molecule has 2 rings (SSSR count). The minimum atomic E-state index is -4.15. The number of rotatable bonds is 8. The first-order valence-electron chi connectivity index (χ1n) is 8.25. The molecule has 0 radical (unpaired) electrons. The molecule has 0 aliphatic heterocycles. The van der Waals surface area contributed by atoms with Crippen molar-refractivity contribution < 1.29 is 35.9 Å². The molecule has 1 aromatic carbocycles. The first-order valence-corrected chi connectivity index (χ1v) is 12.0. The van der Waals surface area contributed by atoms with Crippen molar-refractivity contribution in [3.8, 4) is 0 Å². The topological polar surface area (TPSA) is 136 Å². The van der Waals surface area contributed by atoms with Crippen LogP contribution in [-0.4, -0.2) is 61.4 Å². The summed E-state index contributed by atoms with van der Waals surface area (Å²) in [7, 11) is -2.75. The Morgan fingerprint density at radius 1 is 0.967 bits per heavy atom. The Hall–Kier alpha value is -2.32. The molecule has 164 valence electrons. The van der Waals surface area contributed by atoms with E-state index >= 15 is 0 Å². The number of nitrogens with one attached hydrogen (secondary N) is 1. The van der Waals surface area contributed by atoms with Crippen LogP contribution in [0.3, 0.4) is 0 Å². The number of sulfonamides is 2. The molecular formula is C17H20N2O8S3. The number of thiophene rings is 1. The van der Waals surface area contributed by atoms with Crippen molar-refractivity contribution in [1.29, 1.82) is 0 Å². The molecule has 13 heteroatoms. The lowest BCUT2D eigenvalue weighted by Gasteiger charge is -2.10. The maximum absolute atomic E-state index is 12.7. The molecule has 0 saturated heterocycles. The molecule has 0 aliphatic rings. The van der Waals surface area contributed by atoms with Crippen LogP contribution in [0.2, 0.25) is 0 Å². The lowest BCUT2D eigenvalue weighted by Crippen LogP contribution is -2.24. The van der Waals surface area contributed by atoms with Crippen molar-refractivity contribution in [2.45, 2.75) is 15.6 Å². The van der Waals surface area contributed by atoms with Gasteiger partial charge in [0.15, 0.2) is 0 Å². The van der Waals surface area contributed by atoms with E-state index in [9.17, 15) is 26.4 Å². The summed E-state index contributed by atoms with van der Waals surface area (Å²) in [5.41, 5.74) is -0.285. The SMILES string of the molecule is COC(=O)c1cc(C(=O)OC)cc(S(=O)(=O)NCc2ccc(S(=O)(=O)N(C)C)s2)c1. The first kappa shape index (κ1) is 24.0. The Bertz CT molecular complexity index is 1130. The molecule has 0 atom stereocenters. The van der Waals surface area contributed by atoms with Crippen LogP contribution in [0.25, 0.3) is 0 Å². The zero-order valence-electron chi connectivity index (χ0n) is 16.5. The van der Waals surface area contributed by atoms with Gasteiger partial charge in [0.25, 0.3) is 10.0 Å². The van der Waals surface area contributed by atoms with Gasteiger partial charge in [-0.15, -0.1) is 11.3 Å². The van der Waals surface area contributed by atoms with Crippen molar-refractivity contribution in [3.63, 3.8) is 0 Å². The Morgan fingerprint density at radius 3 is 1.97 bits per heavy atom. The third-order valence-electron chi connectivity index (χ3n) is 3.87. The zero-order valence-corrected chi connectivity index (χ0v) is 19.0. The van der Waals surface area contributed by atoms with E-state index in [1.807, 2.05) is 0 Å². The summed E-state index contributed by atoms with van der Waals surface area (Å²) in [6.45, 7) is -0.189. The van der Waals surface area contributed by atoms with Gasteiger partial charge >= 0.3 is 11.9 Å². The van der Waals surface area contributed by atoms with Gasteiger partial charge in [0.05, 0.1) is 30.2 Å². The number of hydrogen-bond acceptors (Lipinski definition) is 9. The summed E-state index contributed by atoms with van der Waals surface area (Å²) in [6, 6.07) is 6.17. The van der Waals surface area contributed by atoms with E-state index in [0.29, 0.717) is 4.88 Å². The largest absolute Gasteiger partial charge is 0.465 e. The molecule has 1 heterocycles. The molecule has 2 aromatic rings. The third-order valence-corrected chi connectivity index (χ3v) is 8.62. The molecule has 0 unspecified atom stereocenters. The van der Waals surface area contributed by atoms with Crippen LogP contribution in [-0.2, 0) is 36.1 Å². The van der Waals surface area contributed by atoms with Crippen molar-refractivity contribution in [3.05, 3.63) is 46.3 Å². The summed E-state index contributed by atoms with van der Waals surface area (Å²) in [4.78, 5) is 23.8. The highest BCUT2D eigenvalue weighted by atomic mass is 32.2. The molecule has 0 spiro atoms. The van der Waals surface area contributed by atoms with E-state index in [2.05, 4.69) is 14.2 Å². The second-order valence-electron chi connectivity index (χ2n) is 6.06. The number of benzene rings is 1. The molecule has 0 aliphatic carbocycles. The van der Waals surface area contributed by atoms with E-state index in [-0.39, 0.29) is 26.8 Å². The van der Waals surface area contributed by atoms with Gasteiger partial charge in [-0.1, -0.05) is 0 Å². The fraction of sp³-hybridized carbons (Fsp3) is 0.294. The number of carbonyl (C=O) groups is 2. The van der Waals surface area contributed by atoms with Gasteiger partial charge in [-0.3, -0.25) is 0 Å². The van der Waals surface area contributed by atoms with Crippen LogP contribution in [0.4, 0.5) is 0 Å². The fourth-order valence-corrected chi connectivity index (χ4v) is 5.88. The van der Waals surface area contributed by atoms with Crippen LogP contribution in [0.5, 0.6) is 0 Å². The van der Waals surface area contributed by atoms with Crippen LogP contribution in [0.15, 0.2) is 39.4 Å². The molecule has 1 N–H and O–H groups in total. The number of nitrogens with zero attached hydrogens (tertiary/aromatic N) is 1. The van der Waals surface area contributed by atoms with Crippen LogP contribution in [0, 0.1) is 0 Å². The monoisotopic (exact) mass is 476 g/mol. The van der Waals surface area contributed by atoms with Crippen molar-refractivity contribution >= 4 is 43.3 Å². The highest BCUT2D eigenvalue weighted by Crippen LogP contribution is 2.24. The van der Waals surface area contributed by atoms with E-state index in [0.717, 1.165) is 48.1 Å². The Balaban J connectivity index is 2.32. The summed E-state index contributed by atoms with van der Waals surface area (Å²) in [6.07, 6.45) is 0. The maximum atomic E-state index is 12.7. The molecule has 0 fully saturated rings. The van der Waals surface area contributed by atoms with Gasteiger partial charge in [0.2, 0.25) is 10.0 Å². The standard InChI is InChI=1S/C17H20N2O8S3/c1-19(2)30(24,25)15-6-5-13(28-15)10-18-29(22,23)14-8-11(16(20)26-3)7-12(9-14)17(21)27-4/h5-9,18H,10H2,1-4H3. The van der Waals surface area contributed by atoms with Crippen LogP contribution in [0.1, 0.15) is 25.6 Å². The van der Waals surface area contributed by atoms with Gasteiger partial charge in [0, 0.05) is 25.5 Å². The number of carbonyl (C=O) groups excluding carboxylic acids is 2. The third kappa shape index (κ3) is 5.23. The highest BCUT2D eigenvalue weighted by Gasteiger charge is 2.23. The molecule has 0 amide bonds. The molecular weight excluding hydrogens is 456 g/mol. The predicted molar refractivity (Wildman–Crippen MR) is 108 cm³/mol. The normalized spacial score (nSPS) is 12.0. The van der Waals surface area contributed by atoms with E-state index in [1.165, 1.54) is 26.2 Å². The highest BCUT2D eigenvalue weighted by molar-refractivity contribution is 7.91. The Labute approximate surface area is 178 Å². The second kappa shape index (κ2) is 9.22. The molecule has 1 aromatic heterocycles. The zero-order chi connectivity index (χ0) is 22.7. The van der Waals surface area contributed by atoms with E-state index in [1.54, 1.807) is 0 Å². The average molecular weight is 477 g/mol. The summed E-state index contributed by atoms with van der Waals surface area (Å²) >= 11 is 0.923. The Kier molecular flexibility index (Phi) is 7.36. The van der Waals surface area contributed by atoms with Gasteiger partial charge in [0.1, 0.15) is 4.21 Å². The smallest absolute Gasteiger partial charge is 0.337 e. The minimum absolute atomic E-state index is 0.0716. The van der Waals surface area contributed by atoms with E-state index < -0.39 is 32.0 Å². The van der Waals surface area contributed by atoms with Gasteiger partial charge < -0.3 is 9.47 Å². The van der Waals surface area contributed by atoms with Crippen LogP contribution >= 0.6 is 11.3 Å². The maximum Gasteiger partial charge on any atom is 0.337 e. The minimum Gasteiger partial charge on any atom is -0.465 e. The number of methoxy groups -OCH3 is 2. The van der Waals surface area contributed by atoms with Crippen molar-refractivity contribution in [2.75, 3.05) is 28.3 Å². The van der Waals surface area contributed by atoms with Gasteiger partial charge in [-0.05, 0) is 30.3 Å². The fourth-order valence-electron chi connectivity index (χ4n) is 2.25. The molecule has 0 bridgehead atoms. The van der Waals surface area contributed by atoms with Crippen molar-refractivity contribution in [1.82, 2.24) is 9.03 Å². The summed E-state index contributed by atoms with van der Waals surface area (Å²) in [5.74, 6) is -1.65. The second-order valence-corrected chi connectivity index (χ2v) is 11.4. The summed E-state index contributed by atoms with van der Waals surface area (Å²) in [5, 5.41) is 0. The number of ether oxygens (including phenoxy) is 2. The number of hydrogen-bond donors (Lipinski definition) is 1.